The van der Waals surface area contributed by atoms with Crippen LogP contribution in [0.2, 0.25) is 0 Å². The second-order valence-electron chi connectivity index (χ2n) is 2.52. The molecule has 0 rings (SSSR count). The van der Waals surface area contributed by atoms with Crippen LogP contribution in [0.25, 0.3) is 0 Å². The monoisotopic (exact) mass is 558 g/mol. The van der Waals surface area contributed by atoms with E-state index in [1.165, 1.54) is 0 Å². The molecule has 0 aliphatic rings. The van der Waals surface area contributed by atoms with E-state index in [9.17, 15) is 0 Å². The van der Waals surface area contributed by atoms with Crippen LogP contribution in [0.1, 0.15) is 6.92 Å². The van der Waals surface area contributed by atoms with Crippen LogP contribution in [0.15, 0.2) is 0 Å². The Morgan fingerprint density at radius 2 is 0.457 bits per heavy atom. The third kappa shape index (κ3) is 32.7. The van der Waals surface area contributed by atoms with Crippen LogP contribution in [0, 0.1) is 0 Å². The van der Waals surface area contributed by atoms with Crippen LogP contribution < -0.4 is 0 Å². The maximum atomic E-state index is 7.54. The summed E-state index contributed by atoms with van der Waals surface area (Å²) in [6.45, 7) is 1.71. The highest BCUT2D eigenvalue weighted by molar-refractivity contribution is 3.89. The number of hydrogen-bond acceptors (Lipinski definition) is 33. The first kappa shape index (κ1) is 33.7. The van der Waals surface area contributed by atoms with Crippen LogP contribution in [0.4, 0.5) is 0 Å². The van der Waals surface area contributed by atoms with E-state index in [-0.39, 0.29) is 6.61 Å². The van der Waals surface area contributed by atoms with E-state index in [0.29, 0.717) is 0 Å². The highest BCUT2D eigenvalue weighted by Gasteiger charge is 2.02. The highest BCUT2D eigenvalue weighted by Crippen LogP contribution is 1.95. The molecule has 0 unspecified atom stereocenters. The molecule has 0 saturated heterocycles. The molecule has 0 aromatic heterocycles. The fourth-order valence-electron chi connectivity index (χ4n) is 0.398. The van der Waals surface area contributed by atoms with E-state index in [1.54, 1.807) is 6.92 Å². The molecule has 33 nitrogen and oxygen atoms in total. The van der Waals surface area contributed by atoms with E-state index >= 15 is 0 Å². The summed E-state index contributed by atoms with van der Waals surface area (Å²) in [7, 11) is 0. The second kappa shape index (κ2) is 32.7. The molecule has 0 atom stereocenters. The van der Waals surface area contributed by atoms with Crippen molar-refractivity contribution in [1.29, 1.82) is 0 Å². The summed E-state index contributed by atoms with van der Waals surface area (Å²) in [4.78, 5) is 4.16. The van der Waals surface area contributed by atoms with Crippen molar-refractivity contribution in [3.63, 3.8) is 0 Å². The van der Waals surface area contributed by atoms with Gasteiger partial charge in [-0.05, 0) is 87.5 Å². The standard InChI is InChI=1S/C2H6O33/c1-2-4-6-8-10-12-14-16-18-20-22-24-26-28-30-32-34-35-33-31-29-27-25-23-21-19-17-15-13-11-9-7-5-3/h3H,2H2,1H3. The molecular formula is C2H6O33. The van der Waals surface area contributed by atoms with Crippen molar-refractivity contribution < 1.29 is 166 Å². The lowest BCUT2D eigenvalue weighted by atomic mass is 10.9. The van der Waals surface area contributed by atoms with Crippen LogP contribution in [0.5, 0.6) is 0 Å². The minimum absolute atomic E-state index is 0.141. The predicted molar refractivity (Wildman–Crippen MR) is 47.9 cm³/mol. The Morgan fingerprint density at radius 3 is 0.629 bits per heavy atom. The van der Waals surface area contributed by atoms with E-state index in [1.807, 2.05) is 0 Å². The third-order valence-electron chi connectivity index (χ3n) is 1.00. The summed E-state index contributed by atoms with van der Waals surface area (Å²) in [6, 6.07) is 0. The average molecular weight is 558 g/mol. The Hall–Kier alpha value is -1.32. The summed E-state index contributed by atoms with van der Waals surface area (Å²) in [5.74, 6) is 0. The largest absolute Gasteiger partial charge is 0.219 e. The topological polar surface area (TPSA) is 316 Å². The van der Waals surface area contributed by atoms with Gasteiger partial charge in [-0.25, -0.2) is 10.1 Å². The van der Waals surface area contributed by atoms with Gasteiger partial charge in [-0.1, -0.05) is 0 Å². The average Bonchev–Trinajstić information content (AvgIpc) is 2.87. The van der Waals surface area contributed by atoms with E-state index in [4.69, 9.17) is 5.26 Å². The summed E-state index contributed by atoms with van der Waals surface area (Å²) < 4.78 is 0. The molecule has 0 radical (unpaired) electrons. The molecule has 0 heterocycles. The highest BCUT2D eigenvalue weighted by atomic mass is 18.0. The van der Waals surface area contributed by atoms with Crippen molar-refractivity contribution in [3.8, 4) is 0 Å². The lowest BCUT2D eigenvalue weighted by Crippen LogP contribution is -2.06. The van der Waals surface area contributed by atoms with Crippen molar-refractivity contribution in [2.45, 2.75) is 6.92 Å². The van der Waals surface area contributed by atoms with Gasteiger partial charge in [0.05, 0.1) is 6.61 Å². The molecule has 35 heavy (non-hydrogen) atoms. The third-order valence-corrected chi connectivity index (χ3v) is 1.00. The minimum atomic E-state index is 0.141. The first-order valence-corrected chi connectivity index (χ1v) is 6.35. The van der Waals surface area contributed by atoms with Gasteiger partial charge in [-0.2, -0.15) is 0 Å². The molecule has 0 fully saturated rings. The van der Waals surface area contributed by atoms with Crippen LogP contribution in [-0.2, 0) is 161 Å². The molecule has 0 spiro atoms. The summed E-state index contributed by atoms with van der Waals surface area (Å²) >= 11 is 0. The first-order chi connectivity index (χ1) is 17.4. The zero-order valence-electron chi connectivity index (χ0n) is 15.2. The van der Waals surface area contributed by atoms with Crippen LogP contribution in [-0.4, -0.2) is 11.9 Å². The van der Waals surface area contributed by atoms with Gasteiger partial charge >= 0.3 is 0 Å². The van der Waals surface area contributed by atoms with Crippen molar-refractivity contribution in [3.05, 3.63) is 0 Å². The number of rotatable bonds is 32. The molecule has 0 aliphatic carbocycles. The minimum Gasteiger partial charge on any atom is -0.219 e. The maximum Gasteiger partial charge on any atom is 0.0826 e. The Kier molecular flexibility index (Phi) is 31.4. The fourth-order valence-corrected chi connectivity index (χ4v) is 0.398. The Labute approximate surface area is 181 Å². The predicted octanol–water partition coefficient (Wildman–Crippen LogP) is -1.62. The summed E-state index contributed by atoms with van der Waals surface area (Å²) in [5.41, 5.74) is 0. The molecular weight excluding hydrogens is 552 g/mol. The van der Waals surface area contributed by atoms with Crippen molar-refractivity contribution in [2.75, 3.05) is 6.61 Å². The SMILES string of the molecule is CCOOOOOOOOOOOOOOOOOOOOOOOOOOOOOOOOO. The van der Waals surface area contributed by atoms with Gasteiger partial charge in [0, 0.05) is 75.6 Å². The van der Waals surface area contributed by atoms with Gasteiger partial charge < -0.3 is 0 Å². The Morgan fingerprint density at radius 1 is 0.286 bits per heavy atom. The van der Waals surface area contributed by atoms with Gasteiger partial charge in [-0.3, -0.25) is 0 Å². The summed E-state index contributed by atoms with van der Waals surface area (Å²) in [5, 5.41) is 116. The molecule has 0 amide bonds. The Balaban J connectivity index is 3.00. The van der Waals surface area contributed by atoms with Gasteiger partial charge in [0.2, 0.25) is 0 Å². The maximum absolute atomic E-state index is 7.54. The first-order valence-electron chi connectivity index (χ1n) is 6.35. The molecule has 0 aliphatic heterocycles. The van der Waals surface area contributed by atoms with Crippen LogP contribution in [0.3, 0.4) is 0 Å². The second-order valence-corrected chi connectivity index (χ2v) is 2.52. The normalized spacial score (nSPS) is 11.5. The molecule has 212 valence electrons. The van der Waals surface area contributed by atoms with Crippen LogP contribution >= 0.6 is 0 Å². The van der Waals surface area contributed by atoms with Gasteiger partial charge in [0.15, 0.2) is 0 Å². The van der Waals surface area contributed by atoms with Crippen molar-refractivity contribution in [1.82, 2.24) is 0 Å². The number of hydrogen-bond donors (Lipinski definition) is 1. The van der Waals surface area contributed by atoms with Gasteiger partial charge in [0.25, 0.3) is 0 Å². The molecule has 0 aromatic carbocycles. The van der Waals surface area contributed by atoms with E-state index in [0.717, 1.165) is 0 Å². The fraction of sp³-hybridized carbons (Fsp3) is 1.00. The Bertz CT molecular complexity index is 312. The van der Waals surface area contributed by atoms with Gasteiger partial charge in [-0.15, -0.1) is 0 Å². The molecule has 0 aromatic rings. The molecule has 0 bridgehead atoms. The zero-order valence-corrected chi connectivity index (χ0v) is 15.2. The lowest BCUT2D eigenvalue weighted by Gasteiger charge is -1.99. The van der Waals surface area contributed by atoms with E-state index < -0.39 is 0 Å². The van der Waals surface area contributed by atoms with E-state index in [2.05, 4.69) is 161 Å². The quantitative estimate of drug-likeness (QED) is 0.0550. The van der Waals surface area contributed by atoms with Crippen molar-refractivity contribution >= 4 is 0 Å². The summed E-state index contributed by atoms with van der Waals surface area (Å²) in [6.07, 6.45) is 0. The molecule has 0 saturated carbocycles. The molecule has 33 heteroatoms. The van der Waals surface area contributed by atoms with Crippen molar-refractivity contribution in [2.24, 2.45) is 0 Å². The smallest absolute Gasteiger partial charge is 0.0826 e. The molecule has 1 N–H and O–H groups in total. The lowest BCUT2D eigenvalue weighted by molar-refractivity contribution is -0.906. The zero-order chi connectivity index (χ0) is 25.3. The van der Waals surface area contributed by atoms with Gasteiger partial charge in [0.1, 0.15) is 0 Å².